The molecule has 0 aliphatic rings. The maximum absolute atomic E-state index is 5.92. The van der Waals surface area contributed by atoms with Crippen LogP contribution < -0.4 is 10.5 Å². The first-order valence-electron chi connectivity index (χ1n) is 5.67. The van der Waals surface area contributed by atoms with Crippen LogP contribution in [0, 0.1) is 20.8 Å². The Labute approximate surface area is 102 Å². The zero-order valence-corrected chi connectivity index (χ0v) is 10.4. The molecule has 0 heterocycles. The lowest BCUT2D eigenvalue weighted by atomic mass is 10.1. The van der Waals surface area contributed by atoms with E-state index in [-0.39, 0.29) is 0 Å². The number of rotatable bonds is 2. The van der Waals surface area contributed by atoms with Gasteiger partial charge in [0, 0.05) is 5.69 Å². The number of nitrogens with two attached hydrogens (primary N) is 1. The van der Waals surface area contributed by atoms with Crippen LogP contribution in [-0.4, -0.2) is 0 Å². The fourth-order valence-electron chi connectivity index (χ4n) is 1.94. The lowest BCUT2D eigenvalue weighted by Gasteiger charge is -2.13. The van der Waals surface area contributed by atoms with Crippen LogP contribution in [0.25, 0.3) is 0 Å². The Hall–Kier alpha value is -1.96. The molecule has 0 bridgehead atoms. The van der Waals surface area contributed by atoms with E-state index in [1.54, 1.807) is 0 Å². The molecule has 2 aromatic carbocycles. The predicted octanol–water partition coefficient (Wildman–Crippen LogP) is 3.99. The van der Waals surface area contributed by atoms with Crippen LogP contribution in [-0.2, 0) is 0 Å². The molecule has 0 aliphatic heterocycles. The van der Waals surface area contributed by atoms with E-state index in [2.05, 4.69) is 13.0 Å². The van der Waals surface area contributed by atoms with Gasteiger partial charge in [-0.25, -0.2) is 0 Å². The van der Waals surface area contributed by atoms with Gasteiger partial charge in [-0.05, 0) is 61.7 Å². The smallest absolute Gasteiger partial charge is 0.133 e. The summed E-state index contributed by atoms with van der Waals surface area (Å²) >= 11 is 0. The molecule has 2 heteroatoms. The molecule has 2 N–H and O–H groups in total. The van der Waals surface area contributed by atoms with Crippen LogP contribution in [0.3, 0.4) is 0 Å². The van der Waals surface area contributed by atoms with Gasteiger partial charge in [0.2, 0.25) is 0 Å². The minimum Gasteiger partial charge on any atom is -0.457 e. The van der Waals surface area contributed by atoms with Crippen molar-refractivity contribution < 1.29 is 4.74 Å². The third-order valence-corrected chi connectivity index (χ3v) is 2.69. The fraction of sp³-hybridized carbons (Fsp3) is 0.200. The van der Waals surface area contributed by atoms with Crippen LogP contribution in [0.2, 0.25) is 0 Å². The molecule has 0 unspecified atom stereocenters. The van der Waals surface area contributed by atoms with Gasteiger partial charge in [-0.2, -0.15) is 0 Å². The molecule has 2 nitrogen and oxygen atoms in total. The first-order valence-corrected chi connectivity index (χ1v) is 5.67. The minimum atomic E-state index is 0.775. The molecule has 88 valence electrons. The van der Waals surface area contributed by atoms with Crippen molar-refractivity contribution in [3.8, 4) is 11.5 Å². The molecule has 0 spiro atoms. The Bertz CT molecular complexity index is 523. The summed E-state index contributed by atoms with van der Waals surface area (Å²) in [7, 11) is 0. The first kappa shape index (κ1) is 11.5. The molecule has 17 heavy (non-hydrogen) atoms. The van der Waals surface area contributed by atoms with Crippen molar-refractivity contribution >= 4 is 5.69 Å². The highest BCUT2D eigenvalue weighted by atomic mass is 16.5. The molecule has 0 aromatic heterocycles. The van der Waals surface area contributed by atoms with E-state index >= 15 is 0 Å². The van der Waals surface area contributed by atoms with E-state index < -0.39 is 0 Å². The van der Waals surface area contributed by atoms with Gasteiger partial charge in [0.15, 0.2) is 0 Å². The molecule has 2 rings (SSSR count). The number of hydrogen-bond acceptors (Lipinski definition) is 2. The maximum atomic E-state index is 5.92. The van der Waals surface area contributed by atoms with Crippen molar-refractivity contribution in [3.05, 3.63) is 53.1 Å². The molecule has 0 fully saturated rings. The van der Waals surface area contributed by atoms with E-state index in [1.807, 2.05) is 44.2 Å². The first-order chi connectivity index (χ1) is 8.06. The van der Waals surface area contributed by atoms with Gasteiger partial charge in [-0.15, -0.1) is 0 Å². The van der Waals surface area contributed by atoms with Crippen molar-refractivity contribution in [2.24, 2.45) is 0 Å². The molecule has 0 amide bonds. The minimum absolute atomic E-state index is 0.775. The van der Waals surface area contributed by atoms with Crippen LogP contribution in [0.5, 0.6) is 11.5 Å². The Morgan fingerprint density at radius 1 is 0.941 bits per heavy atom. The van der Waals surface area contributed by atoms with E-state index in [4.69, 9.17) is 10.5 Å². The molecular formula is C15H17NO. The quantitative estimate of drug-likeness (QED) is 0.787. The van der Waals surface area contributed by atoms with Crippen molar-refractivity contribution in [2.75, 3.05) is 5.73 Å². The second-order valence-electron chi connectivity index (χ2n) is 4.40. The molecule has 0 saturated heterocycles. The molecule has 0 saturated carbocycles. The van der Waals surface area contributed by atoms with E-state index in [0.29, 0.717) is 0 Å². The van der Waals surface area contributed by atoms with Gasteiger partial charge in [0.1, 0.15) is 11.5 Å². The summed E-state index contributed by atoms with van der Waals surface area (Å²) in [5.41, 5.74) is 9.87. The van der Waals surface area contributed by atoms with Gasteiger partial charge in [0.25, 0.3) is 0 Å². The number of benzene rings is 2. The molecule has 0 atom stereocenters. The number of nitrogen functional groups attached to an aromatic ring is 1. The molecular weight excluding hydrogens is 210 g/mol. The van der Waals surface area contributed by atoms with Gasteiger partial charge < -0.3 is 10.5 Å². The molecule has 0 radical (unpaired) electrons. The number of ether oxygens (including phenoxy) is 1. The normalized spacial score (nSPS) is 10.3. The highest BCUT2D eigenvalue weighted by Crippen LogP contribution is 2.30. The summed E-state index contributed by atoms with van der Waals surface area (Å²) < 4.78 is 5.92. The average molecular weight is 227 g/mol. The fourth-order valence-corrected chi connectivity index (χ4v) is 1.94. The SMILES string of the molecule is Cc1cccc(Oc2c(C)cc(N)cc2C)c1. The lowest BCUT2D eigenvalue weighted by Crippen LogP contribution is -1.94. The van der Waals surface area contributed by atoms with Crippen LogP contribution >= 0.6 is 0 Å². The topological polar surface area (TPSA) is 35.2 Å². The maximum Gasteiger partial charge on any atom is 0.133 e. The van der Waals surface area contributed by atoms with Gasteiger partial charge >= 0.3 is 0 Å². The Balaban J connectivity index is 2.36. The highest BCUT2D eigenvalue weighted by molar-refractivity contribution is 5.53. The Morgan fingerprint density at radius 3 is 2.18 bits per heavy atom. The number of aryl methyl sites for hydroxylation is 3. The van der Waals surface area contributed by atoms with Crippen molar-refractivity contribution in [2.45, 2.75) is 20.8 Å². The summed E-state index contributed by atoms with van der Waals surface area (Å²) in [6, 6.07) is 11.9. The standard InChI is InChI=1S/C15H17NO/c1-10-5-4-6-14(7-10)17-15-11(2)8-13(16)9-12(15)3/h4-9H,16H2,1-3H3. The highest BCUT2D eigenvalue weighted by Gasteiger charge is 2.06. The zero-order valence-electron chi connectivity index (χ0n) is 10.4. The number of hydrogen-bond donors (Lipinski definition) is 1. The van der Waals surface area contributed by atoms with Crippen LogP contribution in [0.1, 0.15) is 16.7 Å². The summed E-state index contributed by atoms with van der Waals surface area (Å²) in [6.45, 7) is 6.07. The average Bonchev–Trinajstić information content (AvgIpc) is 2.23. The van der Waals surface area contributed by atoms with Gasteiger partial charge in [-0.3, -0.25) is 0 Å². The third-order valence-electron chi connectivity index (χ3n) is 2.69. The predicted molar refractivity (Wildman–Crippen MR) is 71.6 cm³/mol. The Kier molecular flexibility index (Phi) is 3.05. The molecule has 0 aliphatic carbocycles. The van der Waals surface area contributed by atoms with E-state index in [1.165, 1.54) is 5.56 Å². The van der Waals surface area contributed by atoms with Gasteiger partial charge in [0.05, 0.1) is 0 Å². The van der Waals surface area contributed by atoms with Crippen molar-refractivity contribution in [1.82, 2.24) is 0 Å². The summed E-state index contributed by atoms with van der Waals surface area (Å²) in [4.78, 5) is 0. The monoisotopic (exact) mass is 227 g/mol. The van der Waals surface area contributed by atoms with E-state index in [9.17, 15) is 0 Å². The molecule has 2 aromatic rings. The van der Waals surface area contributed by atoms with Crippen molar-refractivity contribution in [1.29, 1.82) is 0 Å². The number of anilines is 1. The second-order valence-corrected chi connectivity index (χ2v) is 4.40. The summed E-state index contributed by atoms with van der Waals surface area (Å²) in [6.07, 6.45) is 0. The third kappa shape index (κ3) is 2.59. The second kappa shape index (κ2) is 4.50. The van der Waals surface area contributed by atoms with Gasteiger partial charge in [-0.1, -0.05) is 12.1 Å². The Morgan fingerprint density at radius 2 is 1.59 bits per heavy atom. The lowest BCUT2D eigenvalue weighted by molar-refractivity contribution is 0.475. The van der Waals surface area contributed by atoms with Crippen LogP contribution in [0.4, 0.5) is 5.69 Å². The summed E-state index contributed by atoms with van der Waals surface area (Å²) in [5.74, 6) is 1.76. The van der Waals surface area contributed by atoms with Crippen molar-refractivity contribution in [3.63, 3.8) is 0 Å². The van der Waals surface area contributed by atoms with E-state index in [0.717, 1.165) is 28.3 Å². The zero-order chi connectivity index (χ0) is 12.4. The largest absolute Gasteiger partial charge is 0.457 e. The summed E-state index contributed by atoms with van der Waals surface area (Å²) in [5, 5.41) is 0. The van der Waals surface area contributed by atoms with Crippen LogP contribution in [0.15, 0.2) is 36.4 Å².